The number of para-hydroxylation sites is 2. The third-order valence-electron chi connectivity index (χ3n) is 5.50. The molecule has 1 heterocycles. The predicted octanol–water partition coefficient (Wildman–Crippen LogP) is 4.20. The van der Waals surface area contributed by atoms with Crippen LogP contribution in [0.15, 0.2) is 78.9 Å². The summed E-state index contributed by atoms with van der Waals surface area (Å²) < 4.78 is 0. The van der Waals surface area contributed by atoms with Crippen molar-refractivity contribution in [2.75, 3.05) is 31.1 Å². The van der Waals surface area contributed by atoms with Crippen molar-refractivity contribution in [3.63, 3.8) is 0 Å². The molecule has 3 aromatic carbocycles. The highest BCUT2D eigenvalue weighted by molar-refractivity contribution is 5.57. The molecule has 1 aliphatic rings. The number of nitrogens with zero attached hydrogens (tertiary/aromatic N) is 2. The van der Waals surface area contributed by atoms with Gasteiger partial charge >= 0.3 is 0 Å². The largest absolute Gasteiger partial charge is 0.508 e. The van der Waals surface area contributed by atoms with Crippen molar-refractivity contribution in [1.82, 2.24) is 4.90 Å². The molecule has 1 fully saturated rings. The third-order valence-corrected chi connectivity index (χ3v) is 5.50. The van der Waals surface area contributed by atoms with Crippen LogP contribution in [0, 0.1) is 0 Å². The van der Waals surface area contributed by atoms with E-state index in [9.17, 15) is 10.2 Å². The Hall–Kier alpha value is -2.98. The summed E-state index contributed by atoms with van der Waals surface area (Å²) in [6, 6.07) is 25.9. The first-order valence-electron chi connectivity index (χ1n) is 9.80. The molecule has 0 radical (unpaired) electrons. The van der Waals surface area contributed by atoms with Gasteiger partial charge in [0.1, 0.15) is 11.5 Å². The fourth-order valence-electron chi connectivity index (χ4n) is 4.05. The van der Waals surface area contributed by atoms with Gasteiger partial charge in [-0.05, 0) is 41.8 Å². The van der Waals surface area contributed by atoms with Crippen LogP contribution in [0.5, 0.6) is 11.5 Å². The Morgan fingerprint density at radius 2 is 1.46 bits per heavy atom. The average molecular weight is 374 g/mol. The van der Waals surface area contributed by atoms with Crippen LogP contribution in [0.25, 0.3) is 0 Å². The molecule has 2 N–H and O–H groups in total. The maximum atomic E-state index is 10.2. The topological polar surface area (TPSA) is 46.9 Å². The zero-order chi connectivity index (χ0) is 19.3. The zero-order valence-electron chi connectivity index (χ0n) is 15.9. The lowest BCUT2D eigenvalue weighted by molar-refractivity contribution is 0.184. The van der Waals surface area contributed by atoms with Crippen LogP contribution < -0.4 is 4.90 Å². The molecule has 0 aliphatic carbocycles. The summed E-state index contributed by atoms with van der Waals surface area (Å²) in [5, 5.41) is 20.0. The first kappa shape index (κ1) is 18.4. The second kappa shape index (κ2) is 8.36. The highest BCUT2D eigenvalue weighted by atomic mass is 16.3. The van der Waals surface area contributed by atoms with Gasteiger partial charge in [-0.15, -0.1) is 0 Å². The summed E-state index contributed by atoms with van der Waals surface area (Å²) in [6.07, 6.45) is 0.856. The van der Waals surface area contributed by atoms with Crippen molar-refractivity contribution in [2.24, 2.45) is 0 Å². The first-order chi connectivity index (χ1) is 13.7. The van der Waals surface area contributed by atoms with Crippen LogP contribution >= 0.6 is 0 Å². The minimum Gasteiger partial charge on any atom is -0.508 e. The van der Waals surface area contributed by atoms with Crippen LogP contribution in [0.1, 0.15) is 17.2 Å². The van der Waals surface area contributed by atoms with E-state index in [4.69, 9.17) is 0 Å². The highest BCUT2D eigenvalue weighted by Gasteiger charge is 2.26. The molecule has 28 heavy (non-hydrogen) atoms. The fraction of sp³-hybridized carbons (Fsp3) is 0.250. The lowest BCUT2D eigenvalue weighted by Gasteiger charge is -2.40. The first-order valence-corrected chi connectivity index (χ1v) is 9.80. The molecule has 0 saturated carbocycles. The van der Waals surface area contributed by atoms with E-state index < -0.39 is 0 Å². The number of phenolic OH excluding ortho intramolecular Hbond substituents is 2. The summed E-state index contributed by atoms with van der Waals surface area (Å²) in [5.74, 6) is 0.656. The van der Waals surface area contributed by atoms with Crippen LogP contribution in [-0.4, -0.2) is 41.3 Å². The van der Waals surface area contributed by atoms with Gasteiger partial charge in [0.05, 0.1) is 5.69 Å². The smallest absolute Gasteiger partial charge is 0.138 e. The molecular weight excluding hydrogens is 348 g/mol. The van der Waals surface area contributed by atoms with E-state index in [-0.39, 0.29) is 6.04 Å². The van der Waals surface area contributed by atoms with Crippen molar-refractivity contribution in [3.8, 4) is 11.5 Å². The highest BCUT2D eigenvalue weighted by Crippen LogP contribution is 2.31. The van der Waals surface area contributed by atoms with E-state index in [1.165, 1.54) is 5.56 Å². The van der Waals surface area contributed by atoms with E-state index in [1.807, 2.05) is 36.4 Å². The minimum atomic E-state index is 0.259. The molecule has 0 bridgehead atoms. The van der Waals surface area contributed by atoms with Gasteiger partial charge in [0.2, 0.25) is 0 Å². The molecule has 1 saturated heterocycles. The van der Waals surface area contributed by atoms with E-state index in [0.29, 0.717) is 11.5 Å². The van der Waals surface area contributed by atoms with E-state index >= 15 is 0 Å². The number of aromatic hydroxyl groups is 2. The lowest BCUT2D eigenvalue weighted by atomic mass is 9.96. The van der Waals surface area contributed by atoms with Gasteiger partial charge in [-0.1, -0.05) is 54.6 Å². The molecule has 4 heteroatoms. The molecule has 4 nitrogen and oxygen atoms in total. The maximum absolute atomic E-state index is 10.2. The number of hydrogen-bond acceptors (Lipinski definition) is 4. The monoisotopic (exact) mass is 374 g/mol. The number of benzene rings is 3. The molecule has 0 amide bonds. The molecule has 1 aliphatic heterocycles. The molecule has 3 aromatic rings. The van der Waals surface area contributed by atoms with E-state index in [0.717, 1.165) is 43.9 Å². The standard InChI is InChI=1S/C24H26N2O2/c27-21-10-6-7-19(17-21)18-23(20-8-2-1-3-9-20)26-15-13-25(14-16-26)22-11-4-5-12-24(22)28/h1-12,17,23,27-28H,13-16,18H2. The molecule has 1 unspecified atom stereocenters. The third kappa shape index (κ3) is 4.12. The Balaban J connectivity index is 1.52. The van der Waals surface area contributed by atoms with Gasteiger partial charge < -0.3 is 15.1 Å². The summed E-state index contributed by atoms with van der Waals surface area (Å²) in [5.41, 5.74) is 3.34. The van der Waals surface area contributed by atoms with Gasteiger partial charge in [0.15, 0.2) is 0 Å². The average Bonchev–Trinajstić information content (AvgIpc) is 2.73. The van der Waals surface area contributed by atoms with Gasteiger partial charge in [0.25, 0.3) is 0 Å². The Kier molecular flexibility index (Phi) is 5.49. The second-order valence-electron chi connectivity index (χ2n) is 7.31. The molecule has 144 valence electrons. The second-order valence-corrected chi connectivity index (χ2v) is 7.31. The van der Waals surface area contributed by atoms with Crippen LogP contribution in [-0.2, 0) is 6.42 Å². The summed E-state index contributed by atoms with van der Waals surface area (Å²) in [4.78, 5) is 4.76. The predicted molar refractivity (Wildman–Crippen MR) is 113 cm³/mol. The number of piperazine rings is 1. The fourth-order valence-corrected chi connectivity index (χ4v) is 4.05. The zero-order valence-corrected chi connectivity index (χ0v) is 15.9. The summed E-state index contributed by atoms with van der Waals surface area (Å²) in [7, 11) is 0. The lowest BCUT2D eigenvalue weighted by Crippen LogP contribution is -2.48. The van der Waals surface area contributed by atoms with E-state index in [1.54, 1.807) is 12.1 Å². The van der Waals surface area contributed by atoms with Crippen molar-refractivity contribution in [2.45, 2.75) is 12.5 Å². The Morgan fingerprint density at radius 3 is 2.18 bits per heavy atom. The van der Waals surface area contributed by atoms with Gasteiger partial charge in [0, 0.05) is 32.2 Å². The normalized spacial score (nSPS) is 16.1. The maximum Gasteiger partial charge on any atom is 0.138 e. The SMILES string of the molecule is Oc1cccc(CC(c2ccccc2)N2CCN(c3ccccc3O)CC2)c1. The molecule has 1 atom stereocenters. The summed E-state index contributed by atoms with van der Waals surface area (Å²) >= 11 is 0. The van der Waals surface area contributed by atoms with Crippen LogP contribution in [0.4, 0.5) is 5.69 Å². The molecular formula is C24H26N2O2. The van der Waals surface area contributed by atoms with Crippen LogP contribution in [0.2, 0.25) is 0 Å². The molecule has 0 spiro atoms. The Labute approximate surface area is 166 Å². The summed E-state index contributed by atoms with van der Waals surface area (Å²) in [6.45, 7) is 3.60. The molecule has 4 rings (SSSR count). The number of anilines is 1. The number of hydrogen-bond donors (Lipinski definition) is 2. The van der Waals surface area contributed by atoms with Crippen molar-refractivity contribution < 1.29 is 10.2 Å². The van der Waals surface area contributed by atoms with Gasteiger partial charge in [-0.3, -0.25) is 4.90 Å². The van der Waals surface area contributed by atoms with Crippen molar-refractivity contribution >= 4 is 5.69 Å². The van der Waals surface area contributed by atoms with Crippen molar-refractivity contribution in [1.29, 1.82) is 0 Å². The number of rotatable bonds is 5. The molecule has 0 aromatic heterocycles. The van der Waals surface area contributed by atoms with Crippen molar-refractivity contribution in [3.05, 3.63) is 90.0 Å². The minimum absolute atomic E-state index is 0.259. The quantitative estimate of drug-likeness (QED) is 0.703. The Morgan fingerprint density at radius 1 is 0.750 bits per heavy atom. The van der Waals surface area contributed by atoms with Crippen LogP contribution in [0.3, 0.4) is 0 Å². The van der Waals surface area contributed by atoms with Gasteiger partial charge in [-0.25, -0.2) is 0 Å². The number of phenols is 2. The van der Waals surface area contributed by atoms with Gasteiger partial charge in [-0.2, -0.15) is 0 Å². The Bertz CT molecular complexity index is 905. The van der Waals surface area contributed by atoms with E-state index in [2.05, 4.69) is 40.1 Å².